The molecule has 0 spiro atoms. The number of rotatable bonds is 2. The number of aryl methyl sites for hydroxylation is 2. The van der Waals surface area contributed by atoms with E-state index in [1.165, 1.54) is 22.2 Å². The third kappa shape index (κ3) is 1.54. The maximum Gasteiger partial charge on any atom is 0.0712 e. The molecule has 0 unspecified atom stereocenters. The zero-order valence-electron chi connectivity index (χ0n) is 12.9. The first kappa shape index (κ1) is 13.6. The predicted octanol–water partition coefficient (Wildman–Crippen LogP) is 2.50. The van der Waals surface area contributed by atoms with Gasteiger partial charge >= 0.3 is 0 Å². The van der Waals surface area contributed by atoms with Gasteiger partial charge in [-0.15, -0.1) is 0 Å². The lowest BCUT2D eigenvalue weighted by Crippen LogP contribution is -2.13. The lowest BCUT2D eigenvalue weighted by atomic mass is 10.00. The highest BCUT2D eigenvalue weighted by atomic mass is 16.3. The van der Waals surface area contributed by atoms with Gasteiger partial charge < -0.3 is 19.3 Å². The van der Waals surface area contributed by atoms with Gasteiger partial charge in [0.25, 0.3) is 0 Å². The molecule has 1 aliphatic rings. The summed E-state index contributed by atoms with van der Waals surface area (Å²) in [7, 11) is 2.08. The molecule has 3 aromatic rings. The van der Waals surface area contributed by atoms with Crippen molar-refractivity contribution in [3.63, 3.8) is 0 Å². The van der Waals surface area contributed by atoms with Gasteiger partial charge in [-0.05, 0) is 25.0 Å². The van der Waals surface area contributed by atoms with Crippen LogP contribution in [-0.2, 0) is 33.2 Å². The molecule has 22 heavy (non-hydrogen) atoms. The number of aliphatic hydroxyl groups is 2. The standard InChI is InChI=1S/C18H20N2O2/c1-11-14(9-21)15(10-22)18-17-13(7-8-20(11)18)12-5-3-4-6-16(12)19(17)2/h3-6,21-22H,7-10H2,1-2H3. The van der Waals surface area contributed by atoms with Gasteiger partial charge in [0.2, 0.25) is 0 Å². The van der Waals surface area contributed by atoms with E-state index in [2.05, 4.69) is 40.4 Å². The molecule has 1 aliphatic heterocycles. The molecule has 0 atom stereocenters. The molecule has 4 heteroatoms. The van der Waals surface area contributed by atoms with E-state index in [0.29, 0.717) is 0 Å². The van der Waals surface area contributed by atoms with Crippen LogP contribution in [0, 0.1) is 6.92 Å². The summed E-state index contributed by atoms with van der Waals surface area (Å²) in [5.41, 5.74) is 7.62. The third-order valence-corrected chi connectivity index (χ3v) is 5.10. The average Bonchev–Trinajstić information content (AvgIpc) is 3.00. The number of benzene rings is 1. The Bertz CT molecular complexity index is 886. The van der Waals surface area contributed by atoms with E-state index in [4.69, 9.17) is 0 Å². The fourth-order valence-corrected chi connectivity index (χ4v) is 4.04. The van der Waals surface area contributed by atoms with Gasteiger partial charge in [0, 0.05) is 41.3 Å². The number of aromatic nitrogens is 2. The lowest BCUT2D eigenvalue weighted by molar-refractivity contribution is 0.261. The molecule has 4 nitrogen and oxygen atoms in total. The summed E-state index contributed by atoms with van der Waals surface area (Å²) in [4.78, 5) is 0. The van der Waals surface area contributed by atoms with Gasteiger partial charge in [0.1, 0.15) is 0 Å². The van der Waals surface area contributed by atoms with Crippen molar-refractivity contribution in [1.82, 2.24) is 9.13 Å². The summed E-state index contributed by atoms with van der Waals surface area (Å²) in [5, 5.41) is 20.9. The Morgan fingerprint density at radius 1 is 1.05 bits per heavy atom. The first-order chi connectivity index (χ1) is 10.7. The number of hydrogen-bond acceptors (Lipinski definition) is 2. The molecule has 0 amide bonds. The average molecular weight is 296 g/mol. The number of aliphatic hydroxyl groups excluding tert-OH is 2. The van der Waals surface area contributed by atoms with E-state index in [0.717, 1.165) is 35.5 Å². The Labute approximate surface area is 129 Å². The fraction of sp³-hybridized carbons (Fsp3) is 0.333. The fourth-order valence-electron chi connectivity index (χ4n) is 4.04. The second kappa shape index (κ2) is 4.73. The van der Waals surface area contributed by atoms with Crippen LogP contribution in [0.4, 0.5) is 0 Å². The van der Waals surface area contributed by atoms with Crippen molar-refractivity contribution in [2.75, 3.05) is 0 Å². The van der Waals surface area contributed by atoms with E-state index < -0.39 is 0 Å². The molecule has 4 rings (SSSR count). The van der Waals surface area contributed by atoms with Crippen LogP contribution in [0.1, 0.15) is 22.4 Å². The topological polar surface area (TPSA) is 50.3 Å². The van der Waals surface area contributed by atoms with Crippen LogP contribution in [0.15, 0.2) is 24.3 Å². The van der Waals surface area contributed by atoms with Crippen LogP contribution in [0.2, 0.25) is 0 Å². The molecule has 0 saturated heterocycles. The molecule has 0 bridgehead atoms. The monoisotopic (exact) mass is 296 g/mol. The van der Waals surface area contributed by atoms with Gasteiger partial charge in [-0.3, -0.25) is 0 Å². The summed E-state index contributed by atoms with van der Waals surface area (Å²) >= 11 is 0. The third-order valence-electron chi connectivity index (χ3n) is 5.10. The summed E-state index contributed by atoms with van der Waals surface area (Å²) in [5.74, 6) is 0. The van der Waals surface area contributed by atoms with Crippen molar-refractivity contribution in [2.45, 2.75) is 33.1 Å². The van der Waals surface area contributed by atoms with Crippen LogP contribution in [0.25, 0.3) is 22.3 Å². The van der Waals surface area contributed by atoms with Crippen molar-refractivity contribution < 1.29 is 10.2 Å². The molecule has 3 heterocycles. The highest BCUT2D eigenvalue weighted by Gasteiger charge is 2.29. The SMILES string of the molecule is Cc1c(CO)c(CO)c2n1CCc1c-2n(C)c2ccccc12. The van der Waals surface area contributed by atoms with E-state index >= 15 is 0 Å². The van der Waals surface area contributed by atoms with Gasteiger partial charge in [-0.25, -0.2) is 0 Å². The maximum atomic E-state index is 9.88. The van der Waals surface area contributed by atoms with Gasteiger partial charge in [0.05, 0.1) is 24.6 Å². The first-order valence-corrected chi connectivity index (χ1v) is 7.68. The second-order valence-electron chi connectivity index (χ2n) is 6.01. The van der Waals surface area contributed by atoms with Crippen molar-refractivity contribution in [2.24, 2.45) is 7.05 Å². The normalized spacial score (nSPS) is 13.5. The largest absolute Gasteiger partial charge is 0.392 e. The lowest BCUT2D eigenvalue weighted by Gasteiger charge is -2.20. The number of fused-ring (bicyclic) bond motifs is 5. The second-order valence-corrected chi connectivity index (χ2v) is 6.01. The van der Waals surface area contributed by atoms with Crippen molar-refractivity contribution >= 4 is 10.9 Å². The van der Waals surface area contributed by atoms with Crippen LogP contribution in [0.3, 0.4) is 0 Å². The molecule has 2 aromatic heterocycles. The van der Waals surface area contributed by atoms with Gasteiger partial charge in [0.15, 0.2) is 0 Å². The van der Waals surface area contributed by atoms with Crippen LogP contribution in [-0.4, -0.2) is 19.3 Å². The van der Waals surface area contributed by atoms with E-state index in [-0.39, 0.29) is 13.2 Å². The number of para-hydroxylation sites is 1. The Kier molecular flexibility index (Phi) is 2.93. The first-order valence-electron chi connectivity index (χ1n) is 7.68. The van der Waals surface area contributed by atoms with Crippen LogP contribution < -0.4 is 0 Å². The van der Waals surface area contributed by atoms with E-state index in [9.17, 15) is 10.2 Å². The molecule has 1 aromatic carbocycles. The predicted molar refractivity (Wildman–Crippen MR) is 86.6 cm³/mol. The Balaban J connectivity index is 2.14. The summed E-state index contributed by atoms with van der Waals surface area (Å²) in [6.45, 7) is 2.86. The molecule has 2 N–H and O–H groups in total. The maximum absolute atomic E-state index is 9.88. The molecule has 0 saturated carbocycles. The smallest absolute Gasteiger partial charge is 0.0712 e. The number of nitrogens with zero attached hydrogens (tertiary/aromatic N) is 2. The molecule has 0 radical (unpaired) electrons. The molecule has 0 fully saturated rings. The van der Waals surface area contributed by atoms with E-state index in [1.807, 2.05) is 6.92 Å². The Morgan fingerprint density at radius 3 is 2.50 bits per heavy atom. The zero-order chi connectivity index (χ0) is 15.4. The van der Waals surface area contributed by atoms with E-state index in [1.54, 1.807) is 0 Å². The minimum Gasteiger partial charge on any atom is -0.392 e. The highest BCUT2D eigenvalue weighted by Crippen LogP contribution is 2.41. The van der Waals surface area contributed by atoms with Crippen molar-refractivity contribution in [3.05, 3.63) is 46.6 Å². The van der Waals surface area contributed by atoms with Crippen LogP contribution >= 0.6 is 0 Å². The van der Waals surface area contributed by atoms with Gasteiger partial charge in [-0.2, -0.15) is 0 Å². The quantitative estimate of drug-likeness (QED) is 0.763. The minimum absolute atomic E-state index is 0.0268. The molecular weight excluding hydrogens is 276 g/mol. The Hall–Kier alpha value is -2.04. The van der Waals surface area contributed by atoms with Gasteiger partial charge in [-0.1, -0.05) is 18.2 Å². The summed E-state index contributed by atoms with van der Waals surface area (Å²) in [6.07, 6.45) is 0.981. The summed E-state index contributed by atoms with van der Waals surface area (Å²) < 4.78 is 4.47. The van der Waals surface area contributed by atoms with Crippen molar-refractivity contribution in [3.8, 4) is 11.4 Å². The highest BCUT2D eigenvalue weighted by molar-refractivity contribution is 5.92. The number of hydrogen-bond donors (Lipinski definition) is 2. The molecule has 0 aliphatic carbocycles. The van der Waals surface area contributed by atoms with Crippen LogP contribution in [0.5, 0.6) is 0 Å². The Morgan fingerprint density at radius 2 is 1.77 bits per heavy atom. The molecular formula is C18H20N2O2. The van der Waals surface area contributed by atoms with Crippen molar-refractivity contribution in [1.29, 1.82) is 0 Å². The molecule has 114 valence electrons. The minimum atomic E-state index is -0.0416. The summed E-state index contributed by atoms with van der Waals surface area (Å²) in [6, 6.07) is 8.45. The zero-order valence-corrected chi connectivity index (χ0v) is 12.9.